The average molecular weight is 338 g/mol. The molecule has 0 unspecified atom stereocenters. The van der Waals surface area contributed by atoms with Crippen molar-refractivity contribution in [2.75, 3.05) is 11.9 Å². The molecule has 0 bridgehead atoms. The molecule has 25 heavy (non-hydrogen) atoms. The molecule has 3 rings (SSSR count). The second kappa shape index (κ2) is 8.60. The molecule has 0 amide bonds. The lowest BCUT2D eigenvalue weighted by molar-refractivity contribution is 0.467. The number of anilines is 1. The van der Waals surface area contributed by atoms with E-state index in [1.807, 2.05) is 18.2 Å². The molecule has 1 aromatic carbocycles. The largest absolute Gasteiger partial charge is 0.505 e. The van der Waals surface area contributed by atoms with Crippen molar-refractivity contribution in [1.29, 1.82) is 0 Å². The van der Waals surface area contributed by atoms with E-state index in [-0.39, 0.29) is 5.75 Å². The Labute approximate surface area is 149 Å². The van der Waals surface area contributed by atoms with Gasteiger partial charge in [0.15, 0.2) is 5.82 Å². The van der Waals surface area contributed by atoms with Crippen LogP contribution in [0.2, 0.25) is 0 Å². The number of rotatable bonds is 5. The van der Waals surface area contributed by atoms with Crippen LogP contribution in [0.15, 0.2) is 40.7 Å². The minimum atomic E-state index is 0.254. The van der Waals surface area contributed by atoms with Crippen molar-refractivity contribution in [2.45, 2.75) is 51.9 Å². The van der Waals surface area contributed by atoms with Crippen LogP contribution in [0.1, 0.15) is 50.2 Å². The van der Waals surface area contributed by atoms with E-state index >= 15 is 0 Å². The lowest BCUT2D eigenvalue weighted by Crippen LogP contribution is -2.10. The monoisotopic (exact) mass is 338 g/mol. The number of pyridine rings is 1. The van der Waals surface area contributed by atoms with Crippen LogP contribution in [0.3, 0.4) is 0 Å². The third-order valence-corrected chi connectivity index (χ3v) is 4.58. The van der Waals surface area contributed by atoms with Crippen LogP contribution < -0.4 is 5.32 Å². The summed E-state index contributed by atoms with van der Waals surface area (Å²) >= 11 is 0. The molecule has 0 atom stereocenters. The van der Waals surface area contributed by atoms with Gasteiger partial charge in [0.05, 0.1) is 0 Å². The molecule has 0 fully saturated rings. The molecule has 2 heterocycles. The Morgan fingerprint density at radius 1 is 1.20 bits per heavy atom. The molecule has 2 N–H and O–H groups in total. The van der Waals surface area contributed by atoms with Crippen LogP contribution in [-0.4, -0.2) is 16.6 Å². The molecular weight excluding hydrogens is 312 g/mol. The minimum absolute atomic E-state index is 0.254. The number of aromatic nitrogens is 1. The van der Waals surface area contributed by atoms with Gasteiger partial charge in [-0.1, -0.05) is 25.8 Å². The molecule has 1 aliphatic heterocycles. The molecular formula is C20H26N4O. The van der Waals surface area contributed by atoms with E-state index in [4.69, 9.17) is 0 Å². The Hall–Kier alpha value is -2.43. The lowest BCUT2D eigenvalue weighted by atomic mass is 9.95. The first-order valence-corrected chi connectivity index (χ1v) is 9.24. The van der Waals surface area contributed by atoms with E-state index < -0.39 is 0 Å². The number of nitrogens with zero attached hydrogens (tertiary/aromatic N) is 3. The van der Waals surface area contributed by atoms with Gasteiger partial charge in [-0.2, -0.15) is 0 Å². The molecule has 5 heteroatoms. The molecule has 0 spiro atoms. The summed E-state index contributed by atoms with van der Waals surface area (Å²) < 4.78 is 0. The second-order valence-corrected chi connectivity index (χ2v) is 6.49. The number of aryl methyl sites for hydroxylation is 1. The number of hydrogen-bond donors (Lipinski definition) is 2. The van der Waals surface area contributed by atoms with Crippen LogP contribution in [0.25, 0.3) is 0 Å². The number of nitrogens with one attached hydrogen (secondary N) is 1. The van der Waals surface area contributed by atoms with Gasteiger partial charge in [0.25, 0.3) is 0 Å². The first-order valence-electron chi connectivity index (χ1n) is 9.24. The highest BCUT2D eigenvalue weighted by Crippen LogP contribution is 2.41. The van der Waals surface area contributed by atoms with Gasteiger partial charge >= 0.3 is 0 Å². The van der Waals surface area contributed by atoms with Gasteiger partial charge in [0.2, 0.25) is 0 Å². The number of phenols is 1. The maximum absolute atomic E-state index is 10.8. The molecule has 0 radical (unpaired) electrons. The third-order valence-electron chi connectivity index (χ3n) is 4.58. The number of aromatic hydroxyl groups is 1. The zero-order valence-corrected chi connectivity index (χ0v) is 14.8. The summed E-state index contributed by atoms with van der Waals surface area (Å²) in [5.74, 6) is 0.797. The summed E-state index contributed by atoms with van der Waals surface area (Å²) in [4.78, 5) is 4.16. The van der Waals surface area contributed by atoms with Crippen LogP contribution in [0.4, 0.5) is 17.2 Å². The maximum atomic E-state index is 10.8. The Morgan fingerprint density at radius 2 is 2.12 bits per heavy atom. The topological polar surface area (TPSA) is 69.9 Å². The molecule has 0 saturated carbocycles. The highest BCUT2D eigenvalue weighted by atomic mass is 16.3. The van der Waals surface area contributed by atoms with Crippen LogP contribution in [-0.2, 0) is 12.8 Å². The Kier molecular flexibility index (Phi) is 5.99. The highest BCUT2D eigenvalue weighted by molar-refractivity contribution is 5.71. The average Bonchev–Trinajstić information content (AvgIpc) is 2.61. The fourth-order valence-electron chi connectivity index (χ4n) is 3.21. The fourth-order valence-corrected chi connectivity index (χ4v) is 3.21. The predicted octanol–water partition coefficient (Wildman–Crippen LogP) is 5.68. The zero-order valence-electron chi connectivity index (χ0n) is 14.8. The summed E-state index contributed by atoms with van der Waals surface area (Å²) in [6.07, 6.45) is 9.25. The SMILES string of the molecule is CCCCc1cc(N=Nc2ccccn2)c(O)c2c1NCCCCC2. The molecule has 132 valence electrons. The maximum Gasteiger partial charge on any atom is 0.174 e. The fraction of sp³-hybridized carbons (Fsp3) is 0.450. The highest BCUT2D eigenvalue weighted by Gasteiger charge is 2.18. The zero-order chi connectivity index (χ0) is 17.5. The summed E-state index contributed by atoms with van der Waals surface area (Å²) in [5.41, 5.74) is 3.87. The first kappa shape index (κ1) is 17.4. The summed E-state index contributed by atoms with van der Waals surface area (Å²) in [6, 6.07) is 7.49. The van der Waals surface area contributed by atoms with Crippen LogP contribution >= 0.6 is 0 Å². The van der Waals surface area contributed by atoms with E-state index in [1.54, 1.807) is 12.3 Å². The number of azo groups is 1. The molecule has 0 saturated heterocycles. The van der Waals surface area contributed by atoms with Crippen LogP contribution in [0, 0.1) is 0 Å². The van der Waals surface area contributed by atoms with Crippen molar-refractivity contribution in [3.8, 4) is 5.75 Å². The Morgan fingerprint density at radius 3 is 2.92 bits per heavy atom. The van der Waals surface area contributed by atoms with E-state index in [1.165, 1.54) is 18.4 Å². The Bertz CT molecular complexity index is 728. The molecule has 0 aliphatic carbocycles. The van der Waals surface area contributed by atoms with Gasteiger partial charge in [-0.15, -0.1) is 10.2 Å². The molecule has 2 aromatic rings. The standard InChI is InChI=1S/C20H26N4O/c1-2-3-9-15-14-17(23-24-18-11-6-8-12-21-18)20(25)16-10-5-4-7-13-22-19(15)16/h6,8,11-12,14,22,25H,2-5,7,9-10,13H2,1H3. The van der Waals surface area contributed by atoms with Gasteiger partial charge in [-0.25, -0.2) is 4.98 Å². The van der Waals surface area contributed by atoms with E-state index in [0.717, 1.165) is 49.9 Å². The smallest absolute Gasteiger partial charge is 0.174 e. The van der Waals surface area contributed by atoms with E-state index in [9.17, 15) is 5.11 Å². The first-order chi connectivity index (χ1) is 12.3. The minimum Gasteiger partial charge on any atom is -0.505 e. The predicted molar refractivity (Wildman–Crippen MR) is 101 cm³/mol. The van der Waals surface area contributed by atoms with Gasteiger partial charge < -0.3 is 10.4 Å². The van der Waals surface area contributed by atoms with Crippen molar-refractivity contribution in [3.05, 3.63) is 41.6 Å². The number of benzene rings is 1. The van der Waals surface area contributed by atoms with Gasteiger partial charge in [-0.3, -0.25) is 0 Å². The van der Waals surface area contributed by atoms with Crippen molar-refractivity contribution < 1.29 is 5.11 Å². The normalized spacial score (nSPS) is 14.6. The lowest BCUT2D eigenvalue weighted by Gasteiger charge is -2.21. The van der Waals surface area contributed by atoms with Crippen molar-refractivity contribution >= 4 is 17.2 Å². The van der Waals surface area contributed by atoms with E-state index in [0.29, 0.717) is 11.5 Å². The van der Waals surface area contributed by atoms with Crippen molar-refractivity contribution in [3.63, 3.8) is 0 Å². The summed E-state index contributed by atoms with van der Waals surface area (Å²) in [6.45, 7) is 3.15. The number of phenolic OH excluding ortho intramolecular Hbond substituents is 1. The third kappa shape index (κ3) is 4.35. The van der Waals surface area contributed by atoms with Gasteiger partial charge in [0.1, 0.15) is 11.4 Å². The van der Waals surface area contributed by atoms with Gasteiger partial charge in [-0.05, 0) is 55.9 Å². The van der Waals surface area contributed by atoms with Crippen molar-refractivity contribution in [1.82, 2.24) is 4.98 Å². The molecule has 1 aromatic heterocycles. The summed E-state index contributed by atoms with van der Waals surface area (Å²) in [5, 5.41) is 22.8. The molecule has 1 aliphatic rings. The number of fused-ring (bicyclic) bond motifs is 1. The molecule has 5 nitrogen and oxygen atoms in total. The van der Waals surface area contributed by atoms with Gasteiger partial charge in [0, 0.05) is 24.0 Å². The summed E-state index contributed by atoms with van der Waals surface area (Å²) in [7, 11) is 0. The van der Waals surface area contributed by atoms with Crippen molar-refractivity contribution in [2.24, 2.45) is 10.2 Å². The number of hydrogen-bond acceptors (Lipinski definition) is 5. The van der Waals surface area contributed by atoms with E-state index in [2.05, 4.69) is 27.5 Å². The Balaban J connectivity index is 1.99. The van der Waals surface area contributed by atoms with Crippen LogP contribution in [0.5, 0.6) is 5.75 Å². The second-order valence-electron chi connectivity index (χ2n) is 6.49. The quantitative estimate of drug-likeness (QED) is 0.689. The number of unbranched alkanes of at least 4 members (excludes halogenated alkanes) is 1.